The van der Waals surface area contributed by atoms with Crippen molar-refractivity contribution < 1.29 is 28.6 Å². The minimum atomic E-state index is -0.755. The highest BCUT2D eigenvalue weighted by Gasteiger charge is 2.19. The number of carbonyl (C=O) groups is 3. The average Bonchev–Trinajstić information content (AvgIpc) is 3.06. The van der Waals surface area contributed by atoms with Crippen LogP contribution in [0.3, 0.4) is 0 Å². The molecule has 0 aromatic carbocycles. The summed E-state index contributed by atoms with van der Waals surface area (Å²) in [6.07, 6.45) is 35.2. The molecule has 0 radical (unpaired) electrons. The van der Waals surface area contributed by atoms with Crippen molar-refractivity contribution in [2.24, 2.45) is 0 Å². The van der Waals surface area contributed by atoms with Gasteiger partial charge in [-0.15, -0.1) is 0 Å². The van der Waals surface area contributed by atoms with Crippen LogP contribution in [0.25, 0.3) is 0 Å². The lowest BCUT2D eigenvalue weighted by atomic mass is 10.0. The van der Waals surface area contributed by atoms with Gasteiger partial charge >= 0.3 is 17.9 Å². The second-order valence-electron chi connectivity index (χ2n) is 13.9. The molecule has 0 saturated heterocycles. The molecule has 47 heavy (non-hydrogen) atoms. The first-order chi connectivity index (χ1) is 23.0. The quantitative estimate of drug-likeness (QED) is 0.0373. The van der Waals surface area contributed by atoms with E-state index in [-0.39, 0.29) is 31.1 Å². The van der Waals surface area contributed by atoms with Crippen LogP contribution in [0.5, 0.6) is 0 Å². The molecule has 0 heterocycles. The molecule has 1 atom stereocenters. The van der Waals surface area contributed by atoms with Gasteiger partial charge in [0.15, 0.2) is 6.10 Å². The third kappa shape index (κ3) is 35.5. The Labute approximate surface area is 291 Å². The molecule has 0 unspecified atom stereocenters. The van der Waals surface area contributed by atoms with Crippen molar-refractivity contribution in [3.63, 3.8) is 0 Å². The van der Waals surface area contributed by atoms with Crippen molar-refractivity contribution in [1.82, 2.24) is 0 Å². The Hall–Kier alpha value is -1.59. The molecule has 0 N–H and O–H groups in total. The largest absolute Gasteiger partial charge is 0.462 e. The second kappa shape index (κ2) is 37.2. The summed E-state index contributed by atoms with van der Waals surface area (Å²) in [4.78, 5) is 37.4. The minimum absolute atomic E-state index is 0.0641. The third-order valence-electron chi connectivity index (χ3n) is 9.11. The highest BCUT2D eigenvalue weighted by molar-refractivity contribution is 5.71. The van der Waals surface area contributed by atoms with E-state index in [4.69, 9.17) is 14.2 Å². The van der Waals surface area contributed by atoms with Gasteiger partial charge in [0.1, 0.15) is 13.2 Å². The first-order valence-electron chi connectivity index (χ1n) is 20.5. The number of ether oxygens (including phenoxy) is 3. The van der Waals surface area contributed by atoms with Gasteiger partial charge in [0, 0.05) is 19.3 Å². The highest BCUT2D eigenvalue weighted by Crippen LogP contribution is 2.15. The van der Waals surface area contributed by atoms with E-state index < -0.39 is 6.10 Å². The predicted molar refractivity (Wildman–Crippen MR) is 197 cm³/mol. The summed E-state index contributed by atoms with van der Waals surface area (Å²) < 4.78 is 16.6. The zero-order valence-electron chi connectivity index (χ0n) is 31.6. The fourth-order valence-corrected chi connectivity index (χ4v) is 5.97. The van der Waals surface area contributed by atoms with Crippen LogP contribution in [0.15, 0.2) is 0 Å². The normalized spacial score (nSPS) is 11.8. The summed E-state index contributed by atoms with van der Waals surface area (Å²) in [7, 11) is 0. The van der Waals surface area contributed by atoms with E-state index >= 15 is 0 Å². The summed E-state index contributed by atoms with van der Waals surface area (Å²) in [6, 6.07) is 0. The van der Waals surface area contributed by atoms with Gasteiger partial charge in [0.2, 0.25) is 0 Å². The second-order valence-corrected chi connectivity index (χ2v) is 13.9. The molecule has 0 saturated carbocycles. The zero-order valence-corrected chi connectivity index (χ0v) is 31.6. The maximum absolute atomic E-state index is 12.5. The van der Waals surface area contributed by atoms with E-state index in [1.165, 1.54) is 128 Å². The van der Waals surface area contributed by atoms with Crippen LogP contribution >= 0.6 is 0 Å². The van der Waals surface area contributed by atoms with E-state index in [1.807, 2.05) is 0 Å². The topological polar surface area (TPSA) is 78.9 Å². The lowest BCUT2D eigenvalue weighted by Crippen LogP contribution is -2.30. The number of hydrogen-bond acceptors (Lipinski definition) is 6. The summed E-state index contributed by atoms with van der Waals surface area (Å²) in [5.74, 6) is -0.867. The van der Waals surface area contributed by atoms with Crippen molar-refractivity contribution in [2.45, 2.75) is 232 Å². The molecule has 6 nitrogen and oxygen atoms in total. The molecule has 0 fully saturated rings. The Morgan fingerprint density at radius 2 is 0.574 bits per heavy atom. The van der Waals surface area contributed by atoms with Crippen LogP contribution in [0.2, 0.25) is 0 Å². The van der Waals surface area contributed by atoms with Crippen molar-refractivity contribution in [3.8, 4) is 0 Å². The molecule has 0 aromatic rings. The van der Waals surface area contributed by atoms with Crippen LogP contribution in [-0.4, -0.2) is 37.2 Å². The summed E-state index contributed by atoms with van der Waals surface area (Å²) >= 11 is 0. The lowest BCUT2D eigenvalue weighted by Gasteiger charge is -2.18. The Bertz CT molecular complexity index is 693. The number of carbonyl (C=O) groups excluding carboxylic acids is 3. The van der Waals surface area contributed by atoms with Gasteiger partial charge in [0.05, 0.1) is 0 Å². The van der Waals surface area contributed by atoms with Crippen LogP contribution in [0, 0.1) is 0 Å². The Morgan fingerprint density at radius 1 is 0.340 bits per heavy atom. The predicted octanol–water partition coefficient (Wildman–Crippen LogP) is 12.5. The van der Waals surface area contributed by atoms with Gasteiger partial charge in [-0.25, -0.2) is 0 Å². The van der Waals surface area contributed by atoms with Crippen LogP contribution < -0.4 is 0 Å². The summed E-state index contributed by atoms with van der Waals surface area (Å²) in [5.41, 5.74) is 0. The maximum atomic E-state index is 12.5. The Balaban J connectivity index is 4.28. The van der Waals surface area contributed by atoms with Crippen molar-refractivity contribution in [2.75, 3.05) is 13.2 Å². The zero-order chi connectivity index (χ0) is 34.5. The summed E-state index contributed by atoms with van der Waals surface area (Å²) in [5, 5.41) is 0. The molecule has 0 aromatic heterocycles. The lowest BCUT2D eigenvalue weighted by molar-refractivity contribution is -0.167. The summed E-state index contributed by atoms with van der Waals surface area (Å²) in [6.45, 7) is 6.58. The van der Waals surface area contributed by atoms with Gasteiger partial charge in [-0.05, 0) is 19.3 Å². The van der Waals surface area contributed by atoms with Gasteiger partial charge in [-0.3, -0.25) is 14.4 Å². The van der Waals surface area contributed by atoms with E-state index in [1.54, 1.807) is 0 Å². The van der Waals surface area contributed by atoms with Crippen molar-refractivity contribution >= 4 is 17.9 Å². The molecule has 0 aliphatic carbocycles. The smallest absolute Gasteiger partial charge is 0.306 e. The fraction of sp³-hybridized carbons (Fsp3) is 0.927. The van der Waals surface area contributed by atoms with Gasteiger partial charge in [0.25, 0.3) is 0 Å². The van der Waals surface area contributed by atoms with Crippen molar-refractivity contribution in [3.05, 3.63) is 0 Å². The number of rotatable bonds is 37. The SMILES string of the molecule is CCCCCCCCCCCCCCC(=O)OC[C@@H](COC(=O)CCCCCCCCCCCC)OC(=O)CCCCCCCCC. The molecule has 0 aliphatic rings. The third-order valence-corrected chi connectivity index (χ3v) is 9.11. The average molecular weight is 667 g/mol. The molecule has 6 heteroatoms. The Kier molecular flexibility index (Phi) is 36.0. The van der Waals surface area contributed by atoms with E-state index in [2.05, 4.69) is 20.8 Å². The van der Waals surface area contributed by atoms with Gasteiger partial charge in [-0.2, -0.15) is 0 Å². The molecule has 278 valence electrons. The van der Waals surface area contributed by atoms with Gasteiger partial charge < -0.3 is 14.2 Å². The minimum Gasteiger partial charge on any atom is -0.462 e. The molecule has 0 bridgehead atoms. The van der Waals surface area contributed by atoms with E-state index in [0.29, 0.717) is 19.3 Å². The molecule has 0 aliphatic heterocycles. The van der Waals surface area contributed by atoms with E-state index in [0.717, 1.165) is 57.8 Å². The first kappa shape index (κ1) is 45.4. The van der Waals surface area contributed by atoms with Crippen molar-refractivity contribution in [1.29, 1.82) is 0 Å². The highest BCUT2D eigenvalue weighted by atomic mass is 16.6. The monoisotopic (exact) mass is 667 g/mol. The molecular weight excluding hydrogens is 588 g/mol. The molecule has 0 amide bonds. The maximum Gasteiger partial charge on any atom is 0.306 e. The molecule has 0 spiro atoms. The van der Waals surface area contributed by atoms with Crippen LogP contribution in [0.1, 0.15) is 226 Å². The van der Waals surface area contributed by atoms with Crippen LogP contribution in [0.4, 0.5) is 0 Å². The first-order valence-corrected chi connectivity index (χ1v) is 20.5. The number of unbranched alkanes of at least 4 members (excludes halogenated alkanes) is 26. The standard InChI is InChI=1S/C41H78O6/c1-4-7-10-13-16-18-20-21-23-26-28-31-34-40(43)46-37-38(47-41(44)35-32-29-24-15-12-9-6-3)36-45-39(42)33-30-27-25-22-19-17-14-11-8-5-2/h38H,4-37H2,1-3H3/t38-/m1/s1. The fourth-order valence-electron chi connectivity index (χ4n) is 5.97. The number of esters is 3. The van der Waals surface area contributed by atoms with E-state index in [9.17, 15) is 14.4 Å². The molecule has 0 rings (SSSR count). The molecular formula is C41H78O6. The van der Waals surface area contributed by atoms with Crippen LogP contribution in [-0.2, 0) is 28.6 Å². The van der Waals surface area contributed by atoms with Gasteiger partial charge in [-0.1, -0.05) is 188 Å². The Morgan fingerprint density at radius 3 is 0.851 bits per heavy atom. The number of hydrogen-bond donors (Lipinski definition) is 0.